The molecule has 21 heavy (non-hydrogen) atoms. The van der Waals surface area contributed by atoms with E-state index in [1.165, 1.54) is 12.1 Å². The molecule has 0 aliphatic heterocycles. The third-order valence-corrected chi connectivity index (χ3v) is 3.48. The van der Waals surface area contributed by atoms with Crippen LogP contribution in [0.4, 0.5) is 15.8 Å². The van der Waals surface area contributed by atoms with Gasteiger partial charge >= 0.3 is 0 Å². The van der Waals surface area contributed by atoms with Crippen molar-refractivity contribution < 1.29 is 4.39 Å². The van der Waals surface area contributed by atoms with Crippen LogP contribution in [0, 0.1) is 17.1 Å². The first-order valence-electron chi connectivity index (χ1n) is 6.18. The summed E-state index contributed by atoms with van der Waals surface area (Å²) in [7, 11) is 0. The van der Waals surface area contributed by atoms with Gasteiger partial charge in [0.15, 0.2) is 0 Å². The summed E-state index contributed by atoms with van der Waals surface area (Å²) < 4.78 is 14.1. The average Bonchev–Trinajstić information content (AvgIpc) is 2.49. The van der Waals surface area contributed by atoms with Crippen LogP contribution in [0.25, 0.3) is 10.9 Å². The molecule has 3 nitrogen and oxygen atoms in total. The minimum absolute atomic E-state index is 0.254. The smallest absolute Gasteiger partial charge is 0.124 e. The quantitative estimate of drug-likeness (QED) is 0.731. The molecular formula is C16H9BrFN3. The summed E-state index contributed by atoms with van der Waals surface area (Å²) in [6.45, 7) is 0. The minimum Gasteiger partial charge on any atom is -0.353 e. The molecule has 0 saturated heterocycles. The number of nitrogens with one attached hydrogen (secondary N) is 1. The van der Waals surface area contributed by atoms with E-state index in [0.717, 1.165) is 21.1 Å². The van der Waals surface area contributed by atoms with Crippen LogP contribution in [-0.4, -0.2) is 4.98 Å². The zero-order valence-electron chi connectivity index (χ0n) is 10.8. The Labute approximate surface area is 129 Å². The molecule has 2 aromatic carbocycles. The van der Waals surface area contributed by atoms with Gasteiger partial charge in [-0.2, -0.15) is 5.26 Å². The maximum absolute atomic E-state index is 13.2. The largest absolute Gasteiger partial charge is 0.353 e. The van der Waals surface area contributed by atoms with E-state index in [4.69, 9.17) is 5.26 Å². The normalized spacial score (nSPS) is 10.3. The molecular weight excluding hydrogens is 333 g/mol. The molecule has 1 aromatic heterocycles. The Morgan fingerprint density at radius 3 is 2.81 bits per heavy atom. The van der Waals surface area contributed by atoms with Gasteiger partial charge in [0.1, 0.15) is 11.9 Å². The molecule has 0 unspecified atom stereocenters. The topological polar surface area (TPSA) is 48.7 Å². The number of halogens is 2. The number of hydrogen-bond acceptors (Lipinski definition) is 3. The van der Waals surface area contributed by atoms with Gasteiger partial charge in [0.2, 0.25) is 0 Å². The molecule has 1 heterocycles. The molecule has 0 aliphatic carbocycles. The fraction of sp³-hybridized carbons (Fsp3) is 0. The number of fused-ring (bicyclic) bond motifs is 1. The van der Waals surface area contributed by atoms with Crippen molar-refractivity contribution >= 4 is 38.2 Å². The lowest BCUT2D eigenvalue weighted by molar-refractivity contribution is 0.627. The lowest BCUT2D eigenvalue weighted by atomic mass is 10.1. The SMILES string of the molecule is N#Cc1cc(F)ccc1Nc1cccc2cc(Br)cnc12. The van der Waals surface area contributed by atoms with E-state index in [-0.39, 0.29) is 5.56 Å². The zero-order valence-corrected chi connectivity index (χ0v) is 12.4. The van der Waals surface area contributed by atoms with Gasteiger partial charge in [-0.3, -0.25) is 4.98 Å². The van der Waals surface area contributed by atoms with Gasteiger partial charge in [-0.05, 0) is 46.3 Å². The van der Waals surface area contributed by atoms with Gasteiger partial charge in [0, 0.05) is 16.1 Å². The third-order valence-electron chi connectivity index (χ3n) is 3.05. The second kappa shape index (κ2) is 5.51. The maximum Gasteiger partial charge on any atom is 0.124 e. The Kier molecular flexibility index (Phi) is 3.55. The van der Waals surface area contributed by atoms with E-state index in [1.54, 1.807) is 12.3 Å². The number of hydrogen-bond donors (Lipinski definition) is 1. The second-order valence-corrected chi connectivity index (χ2v) is 5.37. The lowest BCUT2D eigenvalue weighted by Crippen LogP contribution is -1.96. The van der Waals surface area contributed by atoms with Crippen LogP contribution in [0.5, 0.6) is 0 Å². The summed E-state index contributed by atoms with van der Waals surface area (Å²) >= 11 is 3.39. The van der Waals surface area contributed by atoms with E-state index < -0.39 is 5.82 Å². The first-order valence-corrected chi connectivity index (χ1v) is 6.97. The lowest BCUT2D eigenvalue weighted by Gasteiger charge is -2.10. The summed E-state index contributed by atoms with van der Waals surface area (Å²) in [6, 6.07) is 13.7. The van der Waals surface area contributed by atoms with Crippen molar-refractivity contribution in [3.63, 3.8) is 0 Å². The van der Waals surface area contributed by atoms with E-state index in [1.807, 2.05) is 30.3 Å². The van der Waals surface area contributed by atoms with Crippen molar-refractivity contribution in [3.8, 4) is 6.07 Å². The number of anilines is 2. The fourth-order valence-corrected chi connectivity index (χ4v) is 2.45. The van der Waals surface area contributed by atoms with Crippen molar-refractivity contribution in [2.75, 3.05) is 5.32 Å². The van der Waals surface area contributed by atoms with E-state index in [0.29, 0.717) is 5.69 Å². The first kappa shape index (κ1) is 13.5. The summed E-state index contributed by atoms with van der Waals surface area (Å²) in [5.74, 6) is -0.433. The molecule has 0 saturated carbocycles. The summed E-state index contributed by atoms with van der Waals surface area (Å²) in [5, 5.41) is 13.2. The number of pyridine rings is 1. The van der Waals surface area contributed by atoms with Crippen molar-refractivity contribution in [3.05, 3.63) is 64.5 Å². The Hall–Kier alpha value is -2.45. The summed E-state index contributed by atoms with van der Waals surface area (Å²) in [5.41, 5.74) is 2.36. The van der Waals surface area contributed by atoms with Crippen LogP contribution in [-0.2, 0) is 0 Å². The standard InChI is InChI=1S/C16H9BrFN3/c17-12-6-10-2-1-3-15(16(10)20-9-12)21-14-5-4-13(18)7-11(14)8-19/h1-7,9,21H. The van der Waals surface area contributed by atoms with Gasteiger partial charge in [-0.1, -0.05) is 12.1 Å². The maximum atomic E-state index is 13.2. The Morgan fingerprint density at radius 2 is 2.00 bits per heavy atom. The predicted octanol–water partition coefficient (Wildman–Crippen LogP) is 4.75. The van der Waals surface area contributed by atoms with E-state index in [9.17, 15) is 4.39 Å². The van der Waals surface area contributed by atoms with E-state index >= 15 is 0 Å². The van der Waals surface area contributed by atoms with Crippen molar-refractivity contribution in [1.29, 1.82) is 5.26 Å². The number of para-hydroxylation sites is 1. The monoisotopic (exact) mass is 341 g/mol. The molecule has 0 fully saturated rings. The van der Waals surface area contributed by atoms with Crippen molar-refractivity contribution in [2.45, 2.75) is 0 Å². The first-order chi connectivity index (χ1) is 10.2. The highest BCUT2D eigenvalue weighted by Gasteiger charge is 2.07. The van der Waals surface area contributed by atoms with Crippen LogP contribution in [0.2, 0.25) is 0 Å². The molecule has 0 spiro atoms. The molecule has 5 heteroatoms. The molecule has 0 atom stereocenters. The van der Waals surface area contributed by atoms with Crippen LogP contribution in [0.1, 0.15) is 5.56 Å². The van der Waals surface area contributed by atoms with Gasteiger partial charge in [0.25, 0.3) is 0 Å². The van der Waals surface area contributed by atoms with Crippen LogP contribution in [0.15, 0.2) is 53.1 Å². The molecule has 3 aromatic rings. The highest BCUT2D eigenvalue weighted by atomic mass is 79.9. The number of aromatic nitrogens is 1. The molecule has 0 radical (unpaired) electrons. The minimum atomic E-state index is -0.433. The van der Waals surface area contributed by atoms with E-state index in [2.05, 4.69) is 26.2 Å². The fourth-order valence-electron chi connectivity index (χ4n) is 2.10. The Morgan fingerprint density at radius 1 is 1.14 bits per heavy atom. The van der Waals surface area contributed by atoms with Gasteiger partial charge < -0.3 is 5.32 Å². The Balaban J connectivity index is 2.09. The molecule has 0 amide bonds. The predicted molar refractivity (Wildman–Crippen MR) is 83.8 cm³/mol. The molecule has 0 aliphatic rings. The summed E-state index contributed by atoms with van der Waals surface area (Å²) in [4.78, 5) is 4.38. The number of nitrogens with zero attached hydrogens (tertiary/aromatic N) is 2. The number of benzene rings is 2. The zero-order chi connectivity index (χ0) is 14.8. The average molecular weight is 342 g/mol. The van der Waals surface area contributed by atoms with Crippen molar-refractivity contribution in [2.24, 2.45) is 0 Å². The molecule has 102 valence electrons. The second-order valence-electron chi connectivity index (χ2n) is 4.46. The van der Waals surface area contributed by atoms with Crippen molar-refractivity contribution in [1.82, 2.24) is 4.98 Å². The van der Waals surface area contributed by atoms with Gasteiger partial charge in [0.05, 0.1) is 22.5 Å². The van der Waals surface area contributed by atoms with Crippen LogP contribution >= 0.6 is 15.9 Å². The molecule has 1 N–H and O–H groups in total. The number of rotatable bonds is 2. The highest BCUT2D eigenvalue weighted by molar-refractivity contribution is 9.10. The Bertz CT molecular complexity index is 871. The number of nitriles is 1. The summed E-state index contributed by atoms with van der Waals surface area (Å²) in [6.07, 6.45) is 1.71. The van der Waals surface area contributed by atoms with Crippen LogP contribution < -0.4 is 5.32 Å². The van der Waals surface area contributed by atoms with Gasteiger partial charge in [-0.25, -0.2) is 4.39 Å². The highest BCUT2D eigenvalue weighted by Crippen LogP contribution is 2.28. The third kappa shape index (κ3) is 2.71. The van der Waals surface area contributed by atoms with Gasteiger partial charge in [-0.15, -0.1) is 0 Å². The van der Waals surface area contributed by atoms with Crippen LogP contribution in [0.3, 0.4) is 0 Å². The molecule has 3 rings (SSSR count). The molecule has 0 bridgehead atoms.